The van der Waals surface area contributed by atoms with Gasteiger partial charge in [-0.25, -0.2) is 9.78 Å². The summed E-state index contributed by atoms with van der Waals surface area (Å²) in [5, 5.41) is 6.69. The van der Waals surface area contributed by atoms with Gasteiger partial charge in [0, 0.05) is 17.0 Å². The summed E-state index contributed by atoms with van der Waals surface area (Å²) in [4.78, 5) is 15.4. The summed E-state index contributed by atoms with van der Waals surface area (Å²) in [6.45, 7) is 1.77. The summed E-state index contributed by atoms with van der Waals surface area (Å²) < 4.78 is 15.5. The summed E-state index contributed by atoms with van der Waals surface area (Å²) in [6, 6.07) is 3.19. The number of nitrogens with one attached hydrogen (secondary N) is 1. The molecule has 10 heteroatoms. The highest BCUT2D eigenvalue weighted by molar-refractivity contribution is 7.14. The van der Waals surface area contributed by atoms with Crippen molar-refractivity contribution < 1.29 is 19.0 Å². The second-order valence-electron chi connectivity index (χ2n) is 4.57. The Labute approximate surface area is 153 Å². The van der Waals surface area contributed by atoms with Crippen molar-refractivity contribution in [2.45, 2.75) is 6.92 Å². The van der Waals surface area contributed by atoms with Crippen LogP contribution in [0.4, 0.5) is 10.9 Å². The number of rotatable bonds is 8. The van der Waals surface area contributed by atoms with Crippen molar-refractivity contribution in [1.82, 2.24) is 4.98 Å². The molecule has 0 spiro atoms. The largest absolute Gasteiger partial charge is 0.493 e. The standard InChI is InChI=1S/C15H17ClN4O4S/c1-3-23-14(21)7-24-12-5-10(16)9(4-11(12)22-2)6-18-20-15-19-13(17)8-25-15/h4-6,8H,3,7,17H2,1-2H3,(H,19,20). The Morgan fingerprint density at radius 1 is 1.48 bits per heavy atom. The minimum atomic E-state index is -0.474. The third-order valence-corrected chi connectivity index (χ3v) is 3.91. The maximum atomic E-state index is 11.4. The molecule has 1 heterocycles. The molecule has 0 fully saturated rings. The van der Waals surface area contributed by atoms with E-state index in [9.17, 15) is 4.79 Å². The topological polar surface area (TPSA) is 108 Å². The fourth-order valence-electron chi connectivity index (χ4n) is 1.76. The highest BCUT2D eigenvalue weighted by Gasteiger charge is 2.12. The number of methoxy groups -OCH3 is 1. The molecule has 0 bridgehead atoms. The summed E-state index contributed by atoms with van der Waals surface area (Å²) in [6.07, 6.45) is 1.51. The van der Waals surface area contributed by atoms with Crippen LogP contribution in [-0.2, 0) is 9.53 Å². The number of nitrogens with two attached hydrogens (primary N) is 1. The highest BCUT2D eigenvalue weighted by atomic mass is 35.5. The van der Waals surface area contributed by atoms with Crippen LogP contribution >= 0.6 is 22.9 Å². The average molecular weight is 385 g/mol. The van der Waals surface area contributed by atoms with Crippen LogP contribution in [0.25, 0.3) is 0 Å². The monoisotopic (exact) mass is 384 g/mol. The molecule has 0 aliphatic heterocycles. The molecule has 1 aromatic carbocycles. The molecular formula is C15H17ClN4O4S. The van der Waals surface area contributed by atoms with Crippen molar-refractivity contribution in [2.75, 3.05) is 31.5 Å². The van der Waals surface area contributed by atoms with Crippen molar-refractivity contribution in [3.8, 4) is 11.5 Å². The minimum absolute atomic E-state index is 0.235. The lowest BCUT2D eigenvalue weighted by molar-refractivity contribution is -0.145. The number of hydrazone groups is 1. The van der Waals surface area contributed by atoms with Crippen LogP contribution in [-0.4, -0.2) is 37.5 Å². The number of anilines is 2. The van der Waals surface area contributed by atoms with Gasteiger partial charge in [-0.3, -0.25) is 5.43 Å². The first kappa shape index (κ1) is 18.8. The molecule has 1 aromatic heterocycles. The van der Waals surface area contributed by atoms with E-state index < -0.39 is 5.97 Å². The minimum Gasteiger partial charge on any atom is -0.493 e. The number of carbonyl (C=O) groups is 1. The second-order valence-corrected chi connectivity index (χ2v) is 5.83. The van der Waals surface area contributed by atoms with E-state index in [0.717, 1.165) is 0 Å². The van der Waals surface area contributed by atoms with E-state index in [1.54, 1.807) is 24.4 Å². The molecule has 3 N–H and O–H groups in total. The first-order valence-electron chi connectivity index (χ1n) is 7.19. The van der Waals surface area contributed by atoms with Gasteiger partial charge in [0.2, 0.25) is 5.13 Å². The molecule has 0 aliphatic rings. The number of aromatic nitrogens is 1. The van der Waals surface area contributed by atoms with Crippen molar-refractivity contribution >= 4 is 46.1 Å². The zero-order valence-electron chi connectivity index (χ0n) is 13.6. The lowest BCUT2D eigenvalue weighted by Crippen LogP contribution is -2.15. The third kappa shape index (κ3) is 5.50. The number of ether oxygens (including phenoxy) is 3. The number of esters is 1. The summed E-state index contributed by atoms with van der Waals surface area (Å²) in [5.41, 5.74) is 8.88. The Bertz CT molecular complexity index is 766. The molecule has 0 atom stereocenters. The maximum Gasteiger partial charge on any atom is 0.344 e. The number of thiazole rings is 1. The Morgan fingerprint density at radius 2 is 2.28 bits per heavy atom. The Kier molecular flexibility index (Phi) is 6.84. The SMILES string of the molecule is CCOC(=O)COc1cc(Cl)c(C=NNc2nc(N)cs2)cc1OC. The van der Waals surface area contributed by atoms with Crippen molar-refractivity contribution in [2.24, 2.45) is 5.10 Å². The number of carbonyl (C=O) groups excluding carboxylic acids is 1. The van der Waals surface area contributed by atoms with E-state index in [-0.39, 0.29) is 13.2 Å². The van der Waals surface area contributed by atoms with Gasteiger partial charge >= 0.3 is 5.97 Å². The molecule has 0 unspecified atom stereocenters. The number of nitrogen functional groups attached to an aromatic ring is 1. The molecule has 2 rings (SSSR count). The molecule has 0 amide bonds. The van der Waals surface area contributed by atoms with Gasteiger partial charge in [-0.05, 0) is 13.0 Å². The zero-order chi connectivity index (χ0) is 18.2. The molecule has 0 radical (unpaired) electrons. The molecule has 0 saturated heterocycles. The number of halogens is 1. The van der Waals surface area contributed by atoms with Crippen molar-refractivity contribution in [1.29, 1.82) is 0 Å². The normalized spacial score (nSPS) is 10.7. The Hall–Kier alpha value is -2.52. The predicted molar refractivity (Wildman–Crippen MR) is 97.9 cm³/mol. The van der Waals surface area contributed by atoms with Crippen LogP contribution in [0.5, 0.6) is 11.5 Å². The van der Waals surface area contributed by atoms with Crippen LogP contribution in [0, 0.1) is 0 Å². The zero-order valence-corrected chi connectivity index (χ0v) is 15.2. The predicted octanol–water partition coefficient (Wildman–Crippen LogP) is 2.78. The number of benzene rings is 1. The van der Waals surface area contributed by atoms with Crippen molar-refractivity contribution in [3.63, 3.8) is 0 Å². The van der Waals surface area contributed by atoms with Crippen molar-refractivity contribution in [3.05, 3.63) is 28.1 Å². The van der Waals surface area contributed by atoms with E-state index in [0.29, 0.717) is 33.0 Å². The van der Waals surface area contributed by atoms with Gasteiger partial charge in [-0.15, -0.1) is 11.3 Å². The fourth-order valence-corrected chi connectivity index (χ4v) is 2.51. The van der Waals surface area contributed by atoms with Crippen LogP contribution in [0.3, 0.4) is 0 Å². The van der Waals surface area contributed by atoms with E-state index in [1.807, 2.05) is 0 Å². The van der Waals surface area contributed by atoms with E-state index in [1.165, 1.54) is 24.7 Å². The molecular weight excluding hydrogens is 368 g/mol. The molecule has 2 aromatic rings. The molecule has 25 heavy (non-hydrogen) atoms. The molecule has 0 aliphatic carbocycles. The fraction of sp³-hybridized carbons (Fsp3) is 0.267. The van der Waals surface area contributed by atoms with Crippen LogP contribution in [0.15, 0.2) is 22.6 Å². The van der Waals surface area contributed by atoms with Gasteiger partial charge in [0.15, 0.2) is 18.1 Å². The number of nitrogens with zero attached hydrogens (tertiary/aromatic N) is 2. The van der Waals surface area contributed by atoms with Crippen LogP contribution in [0.2, 0.25) is 5.02 Å². The van der Waals surface area contributed by atoms with Gasteiger partial charge in [-0.1, -0.05) is 11.6 Å². The maximum absolute atomic E-state index is 11.4. The van der Waals surface area contributed by atoms with Crippen LogP contribution in [0.1, 0.15) is 12.5 Å². The van der Waals surface area contributed by atoms with Gasteiger partial charge in [-0.2, -0.15) is 5.10 Å². The lowest BCUT2D eigenvalue weighted by Gasteiger charge is -2.12. The smallest absolute Gasteiger partial charge is 0.344 e. The van der Waals surface area contributed by atoms with Gasteiger partial charge in [0.05, 0.1) is 25.0 Å². The lowest BCUT2D eigenvalue weighted by atomic mass is 10.2. The average Bonchev–Trinajstić information content (AvgIpc) is 3.00. The summed E-state index contributed by atoms with van der Waals surface area (Å²) in [7, 11) is 1.48. The first-order chi connectivity index (χ1) is 12.0. The second kappa shape index (κ2) is 9.09. The van der Waals surface area contributed by atoms with Gasteiger partial charge in [0.1, 0.15) is 5.82 Å². The van der Waals surface area contributed by atoms with E-state index in [2.05, 4.69) is 15.5 Å². The highest BCUT2D eigenvalue weighted by Crippen LogP contribution is 2.32. The van der Waals surface area contributed by atoms with Gasteiger partial charge in [0.25, 0.3) is 0 Å². The molecule has 134 valence electrons. The summed E-state index contributed by atoms with van der Waals surface area (Å²) in [5.74, 6) is 0.690. The van der Waals surface area contributed by atoms with E-state index in [4.69, 9.17) is 31.5 Å². The van der Waals surface area contributed by atoms with Crippen LogP contribution < -0.4 is 20.6 Å². The first-order valence-corrected chi connectivity index (χ1v) is 8.45. The number of hydrogen-bond donors (Lipinski definition) is 2. The Balaban J connectivity index is 2.08. The molecule has 8 nitrogen and oxygen atoms in total. The van der Waals surface area contributed by atoms with Gasteiger partial charge < -0.3 is 19.9 Å². The third-order valence-electron chi connectivity index (χ3n) is 2.82. The quantitative estimate of drug-likeness (QED) is 0.409. The van der Waals surface area contributed by atoms with E-state index >= 15 is 0 Å². The molecule has 0 saturated carbocycles. The summed E-state index contributed by atoms with van der Waals surface area (Å²) >= 11 is 7.55. The Morgan fingerprint density at radius 3 is 2.92 bits per heavy atom. The number of hydrogen-bond acceptors (Lipinski definition) is 9.